The number of phenols is 2. The fourth-order valence-corrected chi connectivity index (χ4v) is 1.11. The Morgan fingerprint density at radius 3 is 2.71 bits per heavy atom. The Labute approximate surface area is 80.7 Å². The first kappa shape index (κ1) is 10.2. The molecule has 1 rings (SSSR count). The average Bonchev–Trinajstić information content (AvgIpc) is 2.08. The topological polar surface area (TPSA) is 92.8 Å². The van der Waals surface area contributed by atoms with Crippen molar-refractivity contribution in [2.75, 3.05) is 0 Å². The number of amides is 1. The van der Waals surface area contributed by atoms with Gasteiger partial charge in [0.15, 0.2) is 11.5 Å². The number of carbonyl (C=O) groups excluding carboxylic acids is 1. The largest absolute Gasteiger partial charge is 0.504 e. The van der Waals surface area contributed by atoms with Gasteiger partial charge in [-0.2, -0.15) is 0 Å². The number of ether oxygens (including phenoxy) is 1. The molecule has 5 nitrogen and oxygen atoms in total. The van der Waals surface area contributed by atoms with E-state index in [9.17, 15) is 9.90 Å². The molecule has 1 unspecified atom stereocenters. The highest BCUT2D eigenvalue weighted by molar-refractivity contribution is 5.65. The second kappa shape index (κ2) is 3.87. The van der Waals surface area contributed by atoms with Crippen LogP contribution in [0.4, 0.5) is 4.79 Å². The molecule has 1 atom stereocenters. The minimum atomic E-state index is -0.930. The van der Waals surface area contributed by atoms with Crippen LogP contribution in [0.25, 0.3) is 0 Å². The molecule has 0 heterocycles. The average molecular weight is 197 g/mol. The fraction of sp³-hybridized carbons (Fsp3) is 0.222. The van der Waals surface area contributed by atoms with E-state index >= 15 is 0 Å². The van der Waals surface area contributed by atoms with Crippen LogP contribution in [0.15, 0.2) is 18.2 Å². The summed E-state index contributed by atoms with van der Waals surface area (Å²) >= 11 is 0. The summed E-state index contributed by atoms with van der Waals surface area (Å²) in [6.07, 6.45) is -1.63. The molecule has 5 heteroatoms. The van der Waals surface area contributed by atoms with Gasteiger partial charge in [0.2, 0.25) is 0 Å². The van der Waals surface area contributed by atoms with Crippen LogP contribution >= 0.6 is 0 Å². The van der Waals surface area contributed by atoms with Crippen molar-refractivity contribution in [3.63, 3.8) is 0 Å². The predicted octanol–water partition coefficient (Wildman–Crippen LogP) is 1.25. The Morgan fingerprint density at radius 2 is 2.14 bits per heavy atom. The van der Waals surface area contributed by atoms with Crippen LogP contribution in [0, 0.1) is 0 Å². The van der Waals surface area contributed by atoms with Gasteiger partial charge in [0, 0.05) is 5.56 Å². The second-order valence-corrected chi connectivity index (χ2v) is 2.79. The molecule has 76 valence electrons. The van der Waals surface area contributed by atoms with Crippen LogP contribution in [0.3, 0.4) is 0 Å². The van der Waals surface area contributed by atoms with Crippen molar-refractivity contribution in [2.45, 2.75) is 13.0 Å². The Kier molecular flexibility index (Phi) is 2.81. The van der Waals surface area contributed by atoms with Crippen LogP contribution < -0.4 is 5.73 Å². The zero-order chi connectivity index (χ0) is 10.7. The van der Waals surface area contributed by atoms with Gasteiger partial charge in [0.25, 0.3) is 0 Å². The molecule has 0 aliphatic heterocycles. The lowest BCUT2D eigenvalue weighted by Crippen LogP contribution is -2.15. The maximum atomic E-state index is 10.4. The van der Waals surface area contributed by atoms with Crippen molar-refractivity contribution in [3.8, 4) is 11.5 Å². The lowest BCUT2D eigenvalue weighted by Gasteiger charge is -2.13. The standard InChI is InChI=1S/C9H11NO4/c1-5(14-9(10)13)6-3-2-4-7(11)8(6)12/h2-5,11-12H,1H3,(H2,10,13). The summed E-state index contributed by atoms with van der Waals surface area (Å²) in [6.45, 7) is 1.54. The number of hydrogen-bond donors (Lipinski definition) is 3. The van der Waals surface area contributed by atoms with E-state index in [1.165, 1.54) is 18.2 Å². The number of nitrogens with two attached hydrogens (primary N) is 1. The van der Waals surface area contributed by atoms with Crippen LogP contribution in [-0.2, 0) is 4.74 Å². The SMILES string of the molecule is CC(OC(N)=O)c1cccc(O)c1O. The van der Waals surface area contributed by atoms with Crippen molar-refractivity contribution in [3.05, 3.63) is 23.8 Å². The normalized spacial score (nSPS) is 12.1. The highest BCUT2D eigenvalue weighted by Gasteiger charge is 2.15. The Hall–Kier alpha value is -1.91. The van der Waals surface area contributed by atoms with Crippen molar-refractivity contribution in [1.82, 2.24) is 0 Å². The van der Waals surface area contributed by atoms with E-state index in [0.717, 1.165) is 0 Å². The van der Waals surface area contributed by atoms with Crippen molar-refractivity contribution < 1.29 is 19.7 Å². The first-order valence-corrected chi connectivity index (χ1v) is 3.99. The molecule has 1 amide bonds. The van der Waals surface area contributed by atoms with Crippen LogP contribution in [0.5, 0.6) is 11.5 Å². The number of benzene rings is 1. The number of para-hydroxylation sites is 1. The van der Waals surface area contributed by atoms with Crippen molar-refractivity contribution in [1.29, 1.82) is 0 Å². The number of phenolic OH excluding ortho intramolecular Hbond substituents is 2. The summed E-state index contributed by atoms with van der Waals surface area (Å²) in [5.74, 6) is -0.566. The van der Waals surface area contributed by atoms with Crippen molar-refractivity contribution in [2.24, 2.45) is 5.73 Å². The molecule has 0 spiro atoms. The van der Waals surface area contributed by atoms with Gasteiger partial charge < -0.3 is 20.7 Å². The maximum absolute atomic E-state index is 10.4. The number of primary amides is 1. The van der Waals surface area contributed by atoms with Gasteiger partial charge in [-0.25, -0.2) is 4.79 Å². The van der Waals surface area contributed by atoms with Gasteiger partial charge in [-0.1, -0.05) is 12.1 Å². The summed E-state index contributed by atoms with van der Waals surface area (Å²) in [6, 6.07) is 4.39. The van der Waals surface area contributed by atoms with Gasteiger partial charge in [-0.3, -0.25) is 0 Å². The molecule has 0 fully saturated rings. The first-order chi connectivity index (χ1) is 6.52. The Balaban J connectivity index is 2.95. The maximum Gasteiger partial charge on any atom is 0.405 e. The molecule has 0 aliphatic rings. The summed E-state index contributed by atoms with van der Waals surface area (Å²) in [4.78, 5) is 10.4. The Morgan fingerprint density at radius 1 is 1.50 bits per heavy atom. The van der Waals surface area contributed by atoms with Gasteiger partial charge in [-0.15, -0.1) is 0 Å². The zero-order valence-electron chi connectivity index (χ0n) is 7.60. The fourth-order valence-electron chi connectivity index (χ4n) is 1.11. The van der Waals surface area contributed by atoms with E-state index in [-0.39, 0.29) is 11.5 Å². The van der Waals surface area contributed by atoms with E-state index < -0.39 is 12.2 Å². The third-order valence-electron chi connectivity index (χ3n) is 1.78. The molecule has 1 aromatic rings. The van der Waals surface area contributed by atoms with Gasteiger partial charge in [-0.05, 0) is 13.0 Å². The van der Waals surface area contributed by atoms with Crippen LogP contribution in [0.2, 0.25) is 0 Å². The molecular formula is C9H11NO4. The van der Waals surface area contributed by atoms with Gasteiger partial charge in [0.05, 0.1) is 0 Å². The van der Waals surface area contributed by atoms with Crippen LogP contribution in [-0.4, -0.2) is 16.3 Å². The molecule has 0 saturated carbocycles. The highest BCUT2D eigenvalue weighted by atomic mass is 16.6. The van der Waals surface area contributed by atoms with E-state index in [1.54, 1.807) is 6.92 Å². The molecule has 0 aromatic heterocycles. The van der Waals surface area contributed by atoms with E-state index in [2.05, 4.69) is 4.74 Å². The summed E-state index contributed by atoms with van der Waals surface area (Å²) < 4.78 is 4.64. The lowest BCUT2D eigenvalue weighted by molar-refractivity contribution is 0.115. The zero-order valence-corrected chi connectivity index (χ0v) is 7.60. The Bertz CT molecular complexity index is 351. The molecule has 0 saturated heterocycles. The number of carbonyl (C=O) groups is 1. The van der Waals surface area contributed by atoms with Gasteiger partial charge in [0.1, 0.15) is 6.10 Å². The number of hydrogen-bond acceptors (Lipinski definition) is 4. The van der Waals surface area contributed by atoms with E-state index in [0.29, 0.717) is 5.56 Å². The lowest BCUT2D eigenvalue weighted by atomic mass is 10.1. The number of rotatable bonds is 2. The smallest absolute Gasteiger partial charge is 0.405 e. The first-order valence-electron chi connectivity index (χ1n) is 3.99. The van der Waals surface area contributed by atoms with E-state index in [4.69, 9.17) is 10.8 Å². The van der Waals surface area contributed by atoms with Crippen molar-refractivity contribution >= 4 is 6.09 Å². The monoisotopic (exact) mass is 197 g/mol. The molecule has 1 aromatic carbocycles. The quantitative estimate of drug-likeness (QED) is 0.622. The highest BCUT2D eigenvalue weighted by Crippen LogP contribution is 2.33. The third kappa shape index (κ3) is 2.07. The summed E-state index contributed by atoms with van der Waals surface area (Å²) in [7, 11) is 0. The molecule has 0 radical (unpaired) electrons. The van der Waals surface area contributed by atoms with Gasteiger partial charge >= 0.3 is 6.09 Å². The second-order valence-electron chi connectivity index (χ2n) is 2.79. The van der Waals surface area contributed by atoms with Crippen LogP contribution in [0.1, 0.15) is 18.6 Å². The summed E-state index contributed by atoms with van der Waals surface area (Å²) in [5.41, 5.74) is 5.12. The molecule has 14 heavy (non-hydrogen) atoms. The minimum Gasteiger partial charge on any atom is -0.504 e. The summed E-state index contributed by atoms with van der Waals surface area (Å²) in [5, 5.41) is 18.6. The molecular weight excluding hydrogens is 186 g/mol. The minimum absolute atomic E-state index is 0.262. The number of aromatic hydroxyl groups is 2. The van der Waals surface area contributed by atoms with E-state index in [1.807, 2.05) is 0 Å². The molecule has 4 N–H and O–H groups in total. The third-order valence-corrected chi connectivity index (χ3v) is 1.78. The molecule has 0 bridgehead atoms. The predicted molar refractivity (Wildman–Crippen MR) is 48.9 cm³/mol. The molecule has 0 aliphatic carbocycles.